The zero-order valence-corrected chi connectivity index (χ0v) is 10.4. The molecule has 0 aromatic rings. The molecule has 7 heteroatoms. The minimum Gasteiger partial charge on any atom is -0.313 e. The van der Waals surface area contributed by atoms with E-state index in [0.717, 1.165) is 19.5 Å². The molecule has 0 spiro atoms. The van der Waals surface area contributed by atoms with Gasteiger partial charge in [-0.25, -0.2) is 0 Å². The molecule has 0 saturated carbocycles. The van der Waals surface area contributed by atoms with Gasteiger partial charge in [-0.2, -0.15) is 17.4 Å². The average molecular weight is 256 g/mol. The smallest absolute Gasteiger partial charge is 0.279 e. The molecule has 15 heavy (non-hydrogen) atoms. The quantitative estimate of drug-likeness (QED) is 0.719. The minimum absolute atomic E-state index is 0. The maximum absolute atomic E-state index is 11.8. The van der Waals surface area contributed by atoms with E-state index < -0.39 is 10.2 Å². The number of halogens is 1. The topological polar surface area (TPSA) is 61.4 Å². The van der Waals surface area contributed by atoms with Gasteiger partial charge in [0.15, 0.2) is 0 Å². The van der Waals surface area contributed by atoms with Crippen LogP contribution in [0.15, 0.2) is 0 Å². The molecule has 2 heterocycles. The van der Waals surface area contributed by atoms with Crippen molar-refractivity contribution >= 4 is 22.6 Å². The fourth-order valence-electron chi connectivity index (χ4n) is 1.77. The van der Waals surface area contributed by atoms with E-state index in [1.54, 1.807) is 4.31 Å². The van der Waals surface area contributed by atoms with Crippen LogP contribution >= 0.6 is 12.4 Å². The molecule has 2 fully saturated rings. The molecule has 0 radical (unpaired) electrons. The van der Waals surface area contributed by atoms with Gasteiger partial charge in [-0.1, -0.05) is 6.92 Å². The van der Waals surface area contributed by atoms with Crippen LogP contribution < -0.4 is 10.0 Å². The Labute approximate surface area is 97.2 Å². The van der Waals surface area contributed by atoms with Crippen molar-refractivity contribution in [1.29, 1.82) is 0 Å². The molecule has 1 unspecified atom stereocenters. The summed E-state index contributed by atoms with van der Waals surface area (Å²) in [6, 6.07) is 0.0934. The van der Waals surface area contributed by atoms with E-state index in [0.29, 0.717) is 19.0 Å². The molecule has 0 bridgehead atoms. The summed E-state index contributed by atoms with van der Waals surface area (Å²) in [5, 5.41) is 3.04. The molecule has 2 N–H and O–H groups in total. The Morgan fingerprint density at radius 1 is 1.40 bits per heavy atom. The SMILES string of the molecule is CC1CCN(S(=O)(=O)NC2CNC2)C1.Cl. The van der Waals surface area contributed by atoms with Crippen LogP contribution in [0.1, 0.15) is 13.3 Å². The Morgan fingerprint density at radius 3 is 2.47 bits per heavy atom. The van der Waals surface area contributed by atoms with Crippen LogP contribution in [-0.2, 0) is 10.2 Å². The fourth-order valence-corrected chi connectivity index (χ4v) is 3.30. The highest BCUT2D eigenvalue weighted by Gasteiger charge is 2.32. The van der Waals surface area contributed by atoms with Crippen molar-refractivity contribution in [3.63, 3.8) is 0 Å². The fraction of sp³-hybridized carbons (Fsp3) is 1.00. The zero-order valence-electron chi connectivity index (χ0n) is 8.77. The molecule has 2 aliphatic rings. The highest BCUT2D eigenvalue weighted by Crippen LogP contribution is 2.17. The Balaban J connectivity index is 0.00000112. The van der Waals surface area contributed by atoms with Crippen LogP contribution in [0, 0.1) is 5.92 Å². The molecule has 2 saturated heterocycles. The lowest BCUT2D eigenvalue weighted by atomic mass is 10.2. The molecule has 0 aromatic heterocycles. The summed E-state index contributed by atoms with van der Waals surface area (Å²) >= 11 is 0. The van der Waals surface area contributed by atoms with Gasteiger partial charge in [0.05, 0.1) is 0 Å². The highest BCUT2D eigenvalue weighted by molar-refractivity contribution is 7.87. The maximum atomic E-state index is 11.8. The van der Waals surface area contributed by atoms with Gasteiger partial charge in [0.2, 0.25) is 0 Å². The van der Waals surface area contributed by atoms with E-state index in [1.165, 1.54) is 0 Å². The average Bonchev–Trinajstić information content (AvgIpc) is 2.45. The molecule has 90 valence electrons. The third-order valence-corrected chi connectivity index (χ3v) is 4.47. The molecule has 0 aliphatic carbocycles. The molecule has 2 rings (SSSR count). The lowest BCUT2D eigenvalue weighted by molar-refractivity contribution is 0.386. The number of hydrogen-bond donors (Lipinski definition) is 2. The molecular formula is C8H18ClN3O2S. The van der Waals surface area contributed by atoms with Gasteiger partial charge in [0.25, 0.3) is 10.2 Å². The van der Waals surface area contributed by atoms with Crippen LogP contribution in [0.25, 0.3) is 0 Å². The summed E-state index contributed by atoms with van der Waals surface area (Å²) in [6.45, 7) is 4.91. The van der Waals surface area contributed by atoms with E-state index in [4.69, 9.17) is 0 Å². The molecule has 0 amide bonds. The number of rotatable bonds is 3. The second kappa shape index (κ2) is 4.97. The van der Waals surface area contributed by atoms with Gasteiger partial charge >= 0.3 is 0 Å². The first-order chi connectivity index (χ1) is 6.58. The zero-order chi connectivity index (χ0) is 10.2. The largest absolute Gasteiger partial charge is 0.313 e. The summed E-state index contributed by atoms with van der Waals surface area (Å²) in [7, 11) is -3.21. The predicted molar refractivity (Wildman–Crippen MR) is 61.3 cm³/mol. The molecule has 1 atom stereocenters. The summed E-state index contributed by atoms with van der Waals surface area (Å²) in [6.07, 6.45) is 0.976. The van der Waals surface area contributed by atoms with Gasteiger partial charge in [0.1, 0.15) is 0 Å². The first-order valence-corrected chi connectivity index (χ1v) is 6.50. The summed E-state index contributed by atoms with van der Waals surface area (Å²) in [4.78, 5) is 0. The highest BCUT2D eigenvalue weighted by atomic mass is 35.5. The van der Waals surface area contributed by atoms with E-state index in [-0.39, 0.29) is 18.4 Å². The van der Waals surface area contributed by atoms with E-state index >= 15 is 0 Å². The molecule has 2 aliphatic heterocycles. The summed E-state index contributed by atoms with van der Waals surface area (Å²) < 4.78 is 27.8. The summed E-state index contributed by atoms with van der Waals surface area (Å²) in [5.41, 5.74) is 0. The van der Waals surface area contributed by atoms with Crippen molar-refractivity contribution in [2.24, 2.45) is 5.92 Å². The van der Waals surface area contributed by atoms with Gasteiger partial charge < -0.3 is 5.32 Å². The van der Waals surface area contributed by atoms with E-state index in [9.17, 15) is 8.42 Å². The van der Waals surface area contributed by atoms with Crippen molar-refractivity contribution in [2.45, 2.75) is 19.4 Å². The Bertz CT molecular complexity index is 305. The Kier molecular flexibility index (Phi) is 4.37. The Morgan fingerprint density at radius 2 is 2.07 bits per heavy atom. The van der Waals surface area contributed by atoms with Gasteiger partial charge in [-0.05, 0) is 12.3 Å². The van der Waals surface area contributed by atoms with E-state index in [2.05, 4.69) is 17.0 Å². The number of nitrogens with one attached hydrogen (secondary N) is 2. The lowest BCUT2D eigenvalue weighted by Gasteiger charge is -2.29. The molecule has 5 nitrogen and oxygen atoms in total. The number of nitrogens with zero attached hydrogens (tertiary/aromatic N) is 1. The third kappa shape index (κ3) is 3.04. The Hall–Kier alpha value is 0.120. The maximum Gasteiger partial charge on any atom is 0.279 e. The lowest BCUT2D eigenvalue weighted by Crippen LogP contribution is -2.59. The van der Waals surface area contributed by atoms with Crippen LogP contribution in [0.2, 0.25) is 0 Å². The van der Waals surface area contributed by atoms with Gasteiger partial charge in [-0.3, -0.25) is 0 Å². The first-order valence-electron chi connectivity index (χ1n) is 5.06. The monoisotopic (exact) mass is 255 g/mol. The third-order valence-electron chi connectivity index (χ3n) is 2.82. The number of hydrogen-bond acceptors (Lipinski definition) is 3. The van der Waals surface area contributed by atoms with Gasteiger partial charge in [0, 0.05) is 32.2 Å². The van der Waals surface area contributed by atoms with Crippen molar-refractivity contribution in [3.8, 4) is 0 Å². The van der Waals surface area contributed by atoms with Crippen LogP contribution in [0.4, 0.5) is 0 Å². The predicted octanol–water partition coefficient (Wildman–Crippen LogP) is -0.444. The molecular weight excluding hydrogens is 238 g/mol. The van der Waals surface area contributed by atoms with Crippen LogP contribution in [0.5, 0.6) is 0 Å². The molecule has 0 aromatic carbocycles. The second-order valence-electron chi connectivity index (χ2n) is 4.23. The summed E-state index contributed by atoms with van der Waals surface area (Å²) in [5.74, 6) is 0.492. The first kappa shape index (κ1) is 13.2. The second-order valence-corrected chi connectivity index (χ2v) is 5.93. The van der Waals surface area contributed by atoms with E-state index in [1.807, 2.05) is 0 Å². The van der Waals surface area contributed by atoms with Crippen LogP contribution in [-0.4, -0.2) is 44.9 Å². The van der Waals surface area contributed by atoms with Crippen molar-refractivity contribution in [2.75, 3.05) is 26.2 Å². The normalized spacial score (nSPS) is 28.5. The van der Waals surface area contributed by atoms with Crippen molar-refractivity contribution < 1.29 is 8.42 Å². The van der Waals surface area contributed by atoms with Crippen molar-refractivity contribution in [1.82, 2.24) is 14.3 Å². The van der Waals surface area contributed by atoms with Crippen molar-refractivity contribution in [3.05, 3.63) is 0 Å². The van der Waals surface area contributed by atoms with Gasteiger partial charge in [-0.15, -0.1) is 12.4 Å². The standard InChI is InChI=1S/C8H17N3O2S.ClH/c1-7-2-3-11(6-7)14(12,13)10-8-4-9-5-8;/h7-10H,2-6H2,1H3;1H. The van der Waals surface area contributed by atoms with Crippen LogP contribution in [0.3, 0.4) is 0 Å². The minimum atomic E-state index is -3.21.